The quantitative estimate of drug-likeness (QED) is 0.632. The molecule has 2 fully saturated rings. The fraction of sp³-hybridized carbons (Fsp3) is 0.875. The zero-order valence-electron chi connectivity index (χ0n) is 12.8. The molecule has 0 aromatic carbocycles. The van der Waals surface area contributed by atoms with E-state index < -0.39 is 5.97 Å². The van der Waals surface area contributed by atoms with Crippen LogP contribution in [0.3, 0.4) is 0 Å². The third-order valence-corrected chi connectivity index (χ3v) is 5.05. The summed E-state index contributed by atoms with van der Waals surface area (Å²) in [4.78, 5) is 22.8. The van der Waals surface area contributed by atoms with E-state index in [-0.39, 0.29) is 17.9 Å². The van der Waals surface area contributed by atoms with Crippen LogP contribution in [0.1, 0.15) is 57.8 Å². The van der Waals surface area contributed by atoms with Crippen molar-refractivity contribution in [2.45, 2.75) is 57.8 Å². The Morgan fingerprint density at radius 2 is 1.76 bits per heavy atom. The van der Waals surface area contributed by atoms with Crippen LogP contribution in [0.4, 0.5) is 4.79 Å². The van der Waals surface area contributed by atoms with Gasteiger partial charge in [0, 0.05) is 13.1 Å². The van der Waals surface area contributed by atoms with Crippen LogP contribution in [0.25, 0.3) is 0 Å². The van der Waals surface area contributed by atoms with E-state index in [1.54, 1.807) is 0 Å². The van der Waals surface area contributed by atoms with E-state index in [9.17, 15) is 9.59 Å². The van der Waals surface area contributed by atoms with Crippen molar-refractivity contribution in [1.29, 1.82) is 0 Å². The fourth-order valence-electron chi connectivity index (χ4n) is 3.78. The van der Waals surface area contributed by atoms with Crippen LogP contribution in [0.2, 0.25) is 0 Å². The Bertz CT molecular complexity index is 353. The fourth-order valence-corrected chi connectivity index (χ4v) is 3.78. The van der Waals surface area contributed by atoms with Crippen molar-refractivity contribution in [2.75, 3.05) is 13.1 Å². The molecule has 0 heterocycles. The Labute approximate surface area is 126 Å². The average molecular weight is 296 g/mol. The molecule has 0 saturated heterocycles. The van der Waals surface area contributed by atoms with Gasteiger partial charge in [-0.2, -0.15) is 0 Å². The molecule has 5 nitrogen and oxygen atoms in total. The lowest BCUT2D eigenvalue weighted by Crippen LogP contribution is -2.40. The molecule has 120 valence electrons. The molecular weight excluding hydrogens is 268 g/mol. The minimum atomic E-state index is -0.726. The number of carbonyl (C=O) groups is 2. The lowest BCUT2D eigenvalue weighted by molar-refractivity contribution is -0.142. The highest BCUT2D eigenvalue weighted by Crippen LogP contribution is 2.31. The molecule has 0 aromatic heterocycles. The van der Waals surface area contributed by atoms with E-state index in [4.69, 9.17) is 5.11 Å². The molecule has 0 bridgehead atoms. The number of nitrogens with one attached hydrogen (secondary N) is 2. The molecule has 0 aliphatic heterocycles. The van der Waals surface area contributed by atoms with Crippen LogP contribution < -0.4 is 10.6 Å². The van der Waals surface area contributed by atoms with E-state index in [1.165, 1.54) is 32.1 Å². The van der Waals surface area contributed by atoms with Gasteiger partial charge in [0.25, 0.3) is 0 Å². The summed E-state index contributed by atoms with van der Waals surface area (Å²) in [6.45, 7) is 1.20. The van der Waals surface area contributed by atoms with E-state index >= 15 is 0 Å². The number of urea groups is 1. The first kappa shape index (κ1) is 16.1. The largest absolute Gasteiger partial charge is 0.481 e. The summed E-state index contributed by atoms with van der Waals surface area (Å²) in [5.41, 5.74) is 0. The number of hydrogen-bond donors (Lipinski definition) is 3. The van der Waals surface area contributed by atoms with Gasteiger partial charge in [-0.15, -0.1) is 0 Å². The monoisotopic (exact) mass is 296 g/mol. The third kappa shape index (κ3) is 5.21. The highest BCUT2D eigenvalue weighted by molar-refractivity contribution is 5.74. The molecule has 2 aliphatic carbocycles. The topological polar surface area (TPSA) is 78.4 Å². The first-order valence-electron chi connectivity index (χ1n) is 8.41. The van der Waals surface area contributed by atoms with Gasteiger partial charge in [-0.3, -0.25) is 4.79 Å². The summed E-state index contributed by atoms with van der Waals surface area (Å²) in [5, 5.41) is 14.8. The van der Waals surface area contributed by atoms with Crippen LogP contribution in [-0.4, -0.2) is 30.2 Å². The van der Waals surface area contributed by atoms with Crippen molar-refractivity contribution in [3.63, 3.8) is 0 Å². The van der Waals surface area contributed by atoms with Gasteiger partial charge in [-0.25, -0.2) is 4.79 Å². The number of amides is 2. The van der Waals surface area contributed by atoms with Gasteiger partial charge >= 0.3 is 12.0 Å². The van der Waals surface area contributed by atoms with Crippen molar-refractivity contribution < 1.29 is 14.7 Å². The van der Waals surface area contributed by atoms with Crippen LogP contribution in [-0.2, 0) is 4.79 Å². The molecule has 2 amide bonds. The molecule has 2 aliphatic rings. The van der Waals surface area contributed by atoms with E-state index in [2.05, 4.69) is 10.6 Å². The zero-order valence-corrected chi connectivity index (χ0v) is 12.8. The third-order valence-electron chi connectivity index (χ3n) is 5.05. The smallest absolute Gasteiger partial charge is 0.314 e. The Kier molecular flexibility index (Phi) is 6.33. The van der Waals surface area contributed by atoms with Gasteiger partial charge in [0.2, 0.25) is 0 Å². The zero-order chi connectivity index (χ0) is 15.1. The van der Waals surface area contributed by atoms with E-state index in [0.717, 1.165) is 38.1 Å². The number of carbonyl (C=O) groups excluding carboxylic acids is 1. The van der Waals surface area contributed by atoms with Gasteiger partial charge in [-0.1, -0.05) is 32.1 Å². The number of carboxylic acids is 1. The highest BCUT2D eigenvalue weighted by atomic mass is 16.4. The second kappa shape index (κ2) is 8.25. The van der Waals surface area contributed by atoms with Crippen molar-refractivity contribution in [2.24, 2.45) is 17.8 Å². The van der Waals surface area contributed by atoms with E-state index in [0.29, 0.717) is 6.54 Å². The molecule has 21 heavy (non-hydrogen) atoms. The Balaban J connectivity index is 1.53. The lowest BCUT2D eigenvalue weighted by Gasteiger charge is -2.16. The Hall–Kier alpha value is -1.26. The summed E-state index contributed by atoms with van der Waals surface area (Å²) in [7, 11) is 0. The van der Waals surface area contributed by atoms with Crippen LogP contribution >= 0.6 is 0 Å². The predicted octanol–water partition coefficient (Wildman–Crippen LogP) is 2.76. The van der Waals surface area contributed by atoms with Gasteiger partial charge in [0.05, 0.1) is 5.92 Å². The molecule has 5 heteroatoms. The molecule has 3 N–H and O–H groups in total. The van der Waals surface area contributed by atoms with E-state index in [1.807, 2.05) is 0 Å². The van der Waals surface area contributed by atoms with Crippen molar-refractivity contribution in [3.05, 3.63) is 0 Å². The summed E-state index contributed by atoms with van der Waals surface area (Å²) < 4.78 is 0. The summed E-state index contributed by atoms with van der Waals surface area (Å²) in [5.74, 6) is -0.0552. The van der Waals surface area contributed by atoms with Gasteiger partial charge in [0.1, 0.15) is 0 Å². The van der Waals surface area contributed by atoms with Crippen molar-refractivity contribution in [1.82, 2.24) is 10.6 Å². The Morgan fingerprint density at radius 1 is 1.00 bits per heavy atom. The maximum absolute atomic E-state index is 11.7. The van der Waals surface area contributed by atoms with Crippen molar-refractivity contribution in [3.8, 4) is 0 Å². The van der Waals surface area contributed by atoms with Gasteiger partial charge in [-0.05, 0) is 37.5 Å². The van der Waals surface area contributed by atoms with Crippen molar-refractivity contribution >= 4 is 12.0 Å². The van der Waals surface area contributed by atoms with Crippen LogP contribution in [0, 0.1) is 17.8 Å². The molecule has 2 unspecified atom stereocenters. The minimum Gasteiger partial charge on any atom is -0.481 e. The normalized spacial score (nSPS) is 25.9. The maximum atomic E-state index is 11.7. The SMILES string of the molecule is O=C(NCCCC1CCCC1)NCC1CCCC1C(=O)O. The molecule has 2 rings (SSSR count). The molecular formula is C16H28N2O3. The maximum Gasteiger partial charge on any atom is 0.314 e. The standard InChI is InChI=1S/C16H28N2O3/c19-15(20)14-9-3-8-13(14)11-18-16(21)17-10-4-7-12-5-1-2-6-12/h12-14H,1-11H2,(H,19,20)(H2,17,18,21). The van der Waals surface area contributed by atoms with Gasteiger partial charge in [0.15, 0.2) is 0 Å². The van der Waals surface area contributed by atoms with Gasteiger partial charge < -0.3 is 15.7 Å². The second-order valence-corrected chi connectivity index (χ2v) is 6.57. The Morgan fingerprint density at radius 3 is 2.48 bits per heavy atom. The predicted molar refractivity (Wildman–Crippen MR) is 81.1 cm³/mol. The highest BCUT2D eigenvalue weighted by Gasteiger charge is 2.32. The number of aliphatic carboxylic acids is 1. The number of rotatable bonds is 7. The summed E-state index contributed by atoms with van der Waals surface area (Å²) >= 11 is 0. The first-order valence-corrected chi connectivity index (χ1v) is 8.41. The molecule has 0 spiro atoms. The summed E-state index contributed by atoms with van der Waals surface area (Å²) in [6, 6.07) is -0.155. The van der Waals surface area contributed by atoms with Crippen LogP contribution in [0.5, 0.6) is 0 Å². The number of hydrogen-bond acceptors (Lipinski definition) is 2. The molecule has 2 saturated carbocycles. The lowest BCUT2D eigenvalue weighted by atomic mass is 9.96. The first-order chi connectivity index (χ1) is 10.2. The molecule has 2 atom stereocenters. The molecule has 0 aromatic rings. The van der Waals surface area contributed by atoms with Crippen LogP contribution in [0.15, 0.2) is 0 Å². The molecule has 0 radical (unpaired) electrons. The minimum absolute atomic E-state index is 0.0896. The average Bonchev–Trinajstić information content (AvgIpc) is 3.12. The number of carboxylic acid groups (broad SMARTS) is 1. The summed E-state index contributed by atoms with van der Waals surface area (Å²) in [6.07, 6.45) is 10.3. The second-order valence-electron chi connectivity index (χ2n) is 6.57.